The van der Waals surface area contributed by atoms with Crippen LogP contribution in [-0.4, -0.2) is 11.1 Å². The summed E-state index contributed by atoms with van der Waals surface area (Å²) in [7, 11) is 0. The monoisotopic (exact) mass is 495 g/mol. The molecule has 1 aromatic heterocycles. The van der Waals surface area contributed by atoms with E-state index >= 15 is 0 Å². The second-order valence-electron chi connectivity index (χ2n) is 8.95. The molecule has 0 saturated carbocycles. The lowest BCUT2D eigenvalue weighted by Crippen LogP contribution is -2.13. The highest BCUT2D eigenvalue weighted by atomic mass is 16.5. The third kappa shape index (κ3) is 6.17. The van der Waals surface area contributed by atoms with E-state index in [-0.39, 0.29) is 24.5 Å². The number of hydrogen-bond donors (Lipinski definition) is 1. The van der Waals surface area contributed by atoms with Crippen molar-refractivity contribution in [1.82, 2.24) is 5.16 Å². The summed E-state index contributed by atoms with van der Waals surface area (Å²) in [6.45, 7) is 4.87. The van der Waals surface area contributed by atoms with Gasteiger partial charge < -0.3 is 19.7 Å². The Bertz CT molecular complexity index is 1390. The summed E-state index contributed by atoms with van der Waals surface area (Å²) in [5, 5.41) is 13.1. The Morgan fingerprint density at radius 2 is 1.57 bits per heavy atom. The fourth-order valence-corrected chi connectivity index (χ4v) is 4.05. The average Bonchev–Trinajstić information content (AvgIpc) is 3.34. The normalized spacial score (nSPS) is 10.8. The van der Waals surface area contributed by atoms with Gasteiger partial charge in [0.05, 0.1) is 11.6 Å². The van der Waals surface area contributed by atoms with Gasteiger partial charge >= 0.3 is 0 Å². The Labute approximate surface area is 216 Å². The largest absolute Gasteiger partial charge is 0.488 e. The third-order valence-corrected chi connectivity index (χ3v) is 5.96. The van der Waals surface area contributed by atoms with E-state index in [1.54, 1.807) is 0 Å². The molecule has 0 radical (unpaired) electrons. The number of hydrogen-bond acceptors (Lipinski definition) is 6. The van der Waals surface area contributed by atoms with Crippen LogP contribution in [0.2, 0.25) is 0 Å². The number of primary amides is 1. The van der Waals surface area contributed by atoms with Crippen molar-refractivity contribution in [3.05, 3.63) is 101 Å². The molecular weight excluding hydrogens is 466 g/mol. The SMILES string of the molecule is CC(C)c1cc(-c2onc(C(N)=O)c2CCC#N)c(OCc2ccccc2)cc1OCc1ccccc1. The zero-order chi connectivity index (χ0) is 26.2. The van der Waals surface area contributed by atoms with Crippen LogP contribution in [0.15, 0.2) is 77.3 Å². The van der Waals surface area contributed by atoms with Crippen LogP contribution >= 0.6 is 0 Å². The minimum absolute atomic E-state index is 0.0229. The number of nitriles is 1. The van der Waals surface area contributed by atoms with Crippen molar-refractivity contribution in [3.8, 4) is 28.9 Å². The van der Waals surface area contributed by atoms with Crippen LogP contribution in [0.4, 0.5) is 0 Å². The van der Waals surface area contributed by atoms with Gasteiger partial charge in [0.25, 0.3) is 5.91 Å². The van der Waals surface area contributed by atoms with Crippen LogP contribution in [0.5, 0.6) is 11.5 Å². The zero-order valence-corrected chi connectivity index (χ0v) is 20.9. The van der Waals surface area contributed by atoms with Crippen LogP contribution in [-0.2, 0) is 19.6 Å². The average molecular weight is 496 g/mol. The van der Waals surface area contributed by atoms with E-state index in [0.29, 0.717) is 41.6 Å². The summed E-state index contributed by atoms with van der Waals surface area (Å²) in [5.74, 6) is 0.986. The molecule has 7 heteroatoms. The Morgan fingerprint density at radius 1 is 0.973 bits per heavy atom. The molecule has 7 nitrogen and oxygen atoms in total. The maximum atomic E-state index is 12.0. The van der Waals surface area contributed by atoms with Crippen molar-refractivity contribution in [2.24, 2.45) is 5.73 Å². The number of nitrogens with zero attached hydrogens (tertiary/aromatic N) is 2. The van der Waals surface area contributed by atoms with E-state index in [0.717, 1.165) is 16.7 Å². The lowest BCUT2D eigenvalue weighted by atomic mass is 9.95. The van der Waals surface area contributed by atoms with Gasteiger partial charge in [0.2, 0.25) is 0 Å². The van der Waals surface area contributed by atoms with E-state index in [9.17, 15) is 4.79 Å². The number of nitrogens with two attached hydrogens (primary N) is 1. The van der Waals surface area contributed by atoms with Crippen LogP contribution in [0.25, 0.3) is 11.3 Å². The van der Waals surface area contributed by atoms with Gasteiger partial charge in [-0.15, -0.1) is 0 Å². The smallest absolute Gasteiger partial charge is 0.271 e. The second kappa shape index (κ2) is 11.9. The van der Waals surface area contributed by atoms with E-state index in [2.05, 4.69) is 25.1 Å². The molecule has 0 saturated heterocycles. The van der Waals surface area contributed by atoms with Crippen LogP contribution in [0.3, 0.4) is 0 Å². The maximum Gasteiger partial charge on any atom is 0.271 e. The van der Waals surface area contributed by atoms with Crippen molar-refractivity contribution in [1.29, 1.82) is 5.26 Å². The Hall–Kier alpha value is -4.57. The lowest BCUT2D eigenvalue weighted by molar-refractivity contribution is 0.0991. The Morgan fingerprint density at radius 3 is 2.11 bits per heavy atom. The first-order valence-electron chi connectivity index (χ1n) is 12.1. The van der Waals surface area contributed by atoms with Gasteiger partial charge in [0, 0.05) is 18.1 Å². The molecular formula is C30H29N3O4. The third-order valence-electron chi connectivity index (χ3n) is 5.96. The number of carbonyl (C=O) groups is 1. The van der Waals surface area contributed by atoms with Gasteiger partial charge in [-0.2, -0.15) is 5.26 Å². The highest BCUT2D eigenvalue weighted by molar-refractivity contribution is 5.94. The van der Waals surface area contributed by atoms with Crippen molar-refractivity contribution >= 4 is 5.91 Å². The van der Waals surface area contributed by atoms with E-state index in [1.165, 1.54) is 0 Å². The highest BCUT2D eigenvalue weighted by Gasteiger charge is 2.26. The summed E-state index contributed by atoms with van der Waals surface area (Å²) in [5.41, 5.74) is 9.68. The number of carbonyl (C=O) groups excluding carboxylic acids is 1. The van der Waals surface area contributed by atoms with E-state index < -0.39 is 5.91 Å². The maximum absolute atomic E-state index is 12.0. The molecule has 0 aliphatic rings. The molecule has 0 aliphatic carbocycles. The Kier molecular flexibility index (Phi) is 8.22. The molecule has 188 valence electrons. The molecule has 0 bridgehead atoms. The zero-order valence-electron chi connectivity index (χ0n) is 20.9. The molecule has 4 rings (SSSR count). The molecule has 2 N–H and O–H groups in total. The van der Waals surface area contributed by atoms with Crippen molar-refractivity contribution < 1.29 is 18.8 Å². The van der Waals surface area contributed by atoms with Gasteiger partial charge in [-0.25, -0.2) is 0 Å². The van der Waals surface area contributed by atoms with Gasteiger partial charge in [0.15, 0.2) is 11.5 Å². The van der Waals surface area contributed by atoms with Gasteiger partial charge in [-0.05, 0) is 35.1 Å². The quantitative estimate of drug-likeness (QED) is 0.266. The first-order chi connectivity index (χ1) is 18.0. The molecule has 4 aromatic rings. The van der Waals surface area contributed by atoms with Crippen molar-refractivity contribution in [2.45, 2.75) is 45.8 Å². The molecule has 1 heterocycles. The minimum atomic E-state index is -0.707. The fourth-order valence-electron chi connectivity index (χ4n) is 4.05. The molecule has 0 aliphatic heterocycles. The number of benzene rings is 3. The van der Waals surface area contributed by atoms with Gasteiger partial charge in [-0.1, -0.05) is 79.7 Å². The second-order valence-corrected chi connectivity index (χ2v) is 8.95. The molecule has 0 atom stereocenters. The summed E-state index contributed by atoms with van der Waals surface area (Å²) in [6.07, 6.45) is 0.457. The molecule has 3 aromatic carbocycles. The van der Waals surface area contributed by atoms with Crippen LogP contribution in [0, 0.1) is 11.3 Å². The van der Waals surface area contributed by atoms with E-state index in [1.807, 2.05) is 72.8 Å². The number of ether oxygens (including phenoxy) is 2. The predicted molar refractivity (Wildman–Crippen MR) is 140 cm³/mol. The predicted octanol–water partition coefficient (Wildman–Crippen LogP) is 6.18. The molecule has 0 fully saturated rings. The summed E-state index contributed by atoms with van der Waals surface area (Å²) >= 11 is 0. The molecule has 0 spiro atoms. The highest BCUT2D eigenvalue weighted by Crippen LogP contribution is 2.42. The number of rotatable bonds is 11. The Balaban J connectivity index is 1.80. The van der Waals surface area contributed by atoms with Gasteiger partial charge in [-0.3, -0.25) is 4.79 Å². The molecule has 1 amide bonds. The first kappa shape index (κ1) is 25.5. The number of amides is 1. The topological polar surface area (TPSA) is 111 Å². The standard InChI is InChI=1S/C30H29N3O4/c1-20(2)24-16-25(29-23(14-9-15-31)28(30(32)34)33-37-29)27(36-19-22-12-7-4-8-13-22)17-26(24)35-18-21-10-5-3-6-11-21/h3-8,10-13,16-17,20H,9,14,18-19H2,1-2H3,(H2,32,34). The first-order valence-corrected chi connectivity index (χ1v) is 12.1. The summed E-state index contributed by atoms with van der Waals surface area (Å²) in [6, 6.07) is 25.7. The minimum Gasteiger partial charge on any atom is -0.488 e. The molecule has 37 heavy (non-hydrogen) atoms. The molecule has 0 unspecified atom stereocenters. The van der Waals surface area contributed by atoms with E-state index in [4.69, 9.17) is 25.0 Å². The van der Waals surface area contributed by atoms with Crippen LogP contribution in [0.1, 0.15) is 58.9 Å². The fraction of sp³-hybridized carbons (Fsp3) is 0.233. The number of aromatic nitrogens is 1. The van der Waals surface area contributed by atoms with Crippen molar-refractivity contribution in [3.63, 3.8) is 0 Å². The van der Waals surface area contributed by atoms with Crippen molar-refractivity contribution in [2.75, 3.05) is 0 Å². The lowest BCUT2D eigenvalue weighted by Gasteiger charge is -2.19. The van der Waals surface area contributed by atoms with Crippen LogP contribution < -0.4 is 15.2 Å². The summed E-state index contributed by atoms with van der Waals surface area (Å²) in [4.78, 5) is 12.0. The van der Waals surface area contributed by atoms with Gasteiger partial charge in [0.1, 0.15) is 24.7 Å². The summed E-state index contributed by atoms with van der Waals surface area (Å²) < 4.78 is 18.2.